The number of rotatable bonds is 4. The Labute approximate surface area is 89.2 Å². The van der Waals surface area contributed by atoms with E-state index in [0.717, 1.165) is 6.42 Å². The highest BCUT2D eigenvalue weighted by Crippen LogP contribution is 2.50. The van der Waals surface area contributed by atoms with E-state index in [1.807, 2.05) is 0 Å². The molecule has 1 unspecified atom stereocenters. The third-order valence-electron chi connectivity index (χ3n) is 2.94. The number of carboxylic acids is 1. The Morgan fingerprint density at radius 2 is 2.07 bits per heavy atom. The van der Waals surface area contributed by atoms with Crippen LogP contribution in [-0.2, 0) is 4.79 Å². The van der Waals surface area contributed by atoms with Crippen LogP contribution in [0.5, 0.6) is 0 Å². The number of hydrogen-bond donors (Lipinski definition) is 3. The molecule has 5 nitrogen and oxygen atoms in total. The van der Waals surface area contributed by atoms with E-state index in [2.05, 4.69) is 24.5 Å². The molecule has 1 saturated carbocycles. The molecule has 1 fully saturated rings. The normalized spacial score (nSPS) is 24.1. The molecule has 0 bridgehead atoms. The number of aliphatic carboxylic acids is 1. The standard InChI is InChI=1S/C10H18N2O3/c1-6(8(13)14)12-9(15)11-5-7-4-10(7,2)3/h6-7H,4-5H2,1-3H3,(H,13,14)(H2,11,12,15)/t6-,7?/m0/s1. The fourth-order valence-electron chi connectivity index (χ4n) is 1.45. The van der Waals surface area contributed by atoms with Crippen LogP contribution in [0.15, 0.2) is 0 Å². The van der Waals surface area contributed by atoms with Crippen molar-refractivity contribution < 1.29 is 14.7 Å². The van der Waals surface area contributed by atoms with E-state index in [4.69, 9.17) is 5.11 Å². The first-order chi connectivity index (χ1) is 6.83. The highest BCUT2D eigenvalue weighted by atomic mass is 16.4. The van der Waals surface area contributed by atoms with E-state index < -0.39 is 18.0 Å². The first-order valence-corrected chi connectivity index (χ1v) is 5.10. The minimum atomic E-state index is -1.03. The summed E-state index contributed by atoms with van der Waals surface area (Å²) in [7, 11) is 0. The van der Waals surface area contributed by atoms with Gasteiger partial charge in [-0.3, -0.25) is 4.79 Å². The lowest BCUT2D eigenvalue weighted by atomic mass is 10.1. The van der Waals surface area contributed by atoms with Gasteiger partial charge in [-0.1, -0.05) is 13.8 Å². The number of carbonyl (C=O) groups excluding carboxylic acids is 1. The van der Waals surface area contributed by atoms with Crippen molar-refractivity contribution in [3.8, 4) is 0 Å². The number of carboxylic acid groups (broad SMARTS) is 1. The summed E-state index contributed by atoms with van der Waals surface area (Å²) < 4.78 is 0. The topological polar surface area (TPSA) is 78.4 Å². The molecule has 0 spiro atoms. The first-order valence-electron chi connectivity index (χ1n) is 5.10. The van der Waals surface area contributed by atoms with Gasteiger partial charge in [-0.2, -0.15) is 0 Å². The molecule has 2 amide bonds. The van der Waals surface area contributed by atoms with Crippen LogP contribution in [0.2, 0.25) is 0 Å². The minimum Gasteiger partial charge on any atom is -0.480 e. The molecular formula is C10H18N2O3. The van der Waals surface area contributed by atoms with Crippen LogP contribution >= 0.6 is 0 Å². The summed E-state index contributed by atoms with van der Waals surface area (Å²) in [6.07, 6.45) is 1.11. The lowest BCUT2D eigenvalue weighted by Gasteiger charge is -2.11. The van der Waals surface area contributed by atoms with E-state index in [0.29, 0.717) is 17.9 Å². The monoisotopic (exact) mass is 214 g/mol. The maximum atomic E-state index is 11.2. The zero-order valence-corrected chi connectivity index (χ0v) is 9.33. The van der Waals surface area contributed by atoms with Gasteiger partial charge in [0.25, 0.3) is 0 Å². The molecule has 0 saturated heterocycles. The molecule has 0 aromatic carbocycles. The number of carbonyl (C=O) groups is 2. The van der Waals surface area contributed by atoms with Gasteiger partial charge in [0.1, 0.15) is 6.04 Å². The summed E-state index contributed by atoms with van der Waals surface area (Å²) in [5.41, 5.74) is 0.325. The number of nitrogens with one attached hydrogen (secondary N) is 2. The fraction of sp³-hybridized carbons (Fsp3) is 0.800. The van der Waals surface area contributed by atoms with Crippen molar-refractivity contribution in [2.24, 2.45) is 11.3 Å². The SMILES string of the molecule is C[C@H](NC(=O)NCC1CC1(C)C)C(=O)O. The number of urea groups is 1. The van der Waals surface area contributed by atoms with Crippen LogP contribution in [0.4, 0.5) is 4.79 Å². The summed E-state index contributed by atoms with van der Waals surface area (Å²) in [5.74, 6) is -0.514. The lowest BCUT2D eigenvalue weighted by Crippen LogP contribution is -2.45. The van der Waals surface area contributed by atoms with Gasteiger partial charge in [0.2, 0.25) is 0 Å². The van der Waals surface area contributed by atoms with Crippen molar-refractivity contribution in [3.63, 3.8) is 0 Å². The number of hydrogen-bond acceptors (Lipinski definition) is 2. The molecule has 0 aromatic heterocycles. The van der Waals surface area contributed by atoms with Gasteiger partial charge in [0.05, 0.1) is 0 Å². The summed E-state index contributed by atoms with van der Waals surface area (Å²) in [5, 5.41) is 13.6. The third kappa shape index (κ3) is 3.42. The second-order valence-corrected chi connectivity index (χ2v) is 4.80. The van der Waals surface area contributed by atoms with Gasteiger partial charge < -0.3 is 15.7 Å². The average molecular weight is 214 g/mol. The third-order valence-corrected chi connectivity index (χ3v) is 2.94. The van der Waals surface area contributed by atoms with Crippen molar-refractivity contribution >= 4 is 12.0 Å². The molecule has 2 atom stereocenters. The predicted octanol–water partition coefficient (Wildman–Crippen LogP) is 0.805. The Morgan fingerprint density at radius 1 is 1.53 bits per heavy atom. The van der Waals surface area contributed by atoms with E-state index in [1.165, 1.54) is 6.92 Å². The molecule has 1 rings (SSSR count). The van der Waals surface area contributed by atoms with Crippen molar-refractivity contribution in [2.45, 2.75) is 33.2 Å². The number of amides is 2. The van der Waals surface area contributed by atoms with Crippen LogP contribution < -0.4 is 10.6 Å². The van der Waals surface area contributed by atoms with Crippen molar-refractivity contribution in [3.05, 3.63) is 0 Å². The van der Waals surface area contributed by atoms with Gasteiger partial charge in [0.15, 0.2) is 0 Å². The largest absolute Gasteiger partial charge is 0.480 e. The maximum Gasteiger partial charge on any atom is 0.325 e. The molecule has 86 valence electrons. The zero-order chi connectivity index (χ0) is 11.6. The molecule has 1 aliphatic rings. The van der Waals surface area contributed by atoms with E-state index >= 15 is 0 Å². The van der Waals surface area contributed by atoms with Crippen LogP contribution in [0, 0.1) is 11.3 Å². The van der Waals surface area contributed by atoms with Gasteiger partial charge in [-0.05, 0) is 24.7 Å². The van der Waals surface area contributed by atoms with Gasteiger partial charge in [-0.25, -0.2) is 4.79 Å². The first kappa shape index (κ1) is 11.8. The minimum absolute atomic E-state index is 0.325. The second-order valence-electron chi connectivity index (χ2n) is 4.80. The van der Waals surface area contributed by atoms with E-state index in [1.54, 1.807) is 0 Å². The summed E-state index contributed by atoms with van der Waals surface area (Å²) in [6, 6.07) is -1.26. The molecule has 0 aromatic rings. The average Bonchev–Trinajstić information content (AvgIpc) is 2.70. The molecule has 15 heavy (non-hydrogen) atoms. The van der Waals surface area contributed by atoms with Crippen molar-refractivity contribution in [1.82, 2.24) is 10.6 Å². The van der Waals surface area contributed by atoms with E-state index in [-0.39, 0.29) is 0 Å². The molecule has 0 heterocycles. The highest BCUT2D eigenvalue weighted by Gasteiger charge is 2.45. The Morgan fingerprint density at radius 3 is 2.47 bits per heavy atom. The van der Waals surface area contributed by atoms with Crippen LogP contribution in [0.1, 0.15) is 27.2 Å². The lowest BCUT2D eigenvalue weighted by molar-refractivity contribution is -0.138. The molecule has 3 N–H and O–H groups in total. The Hall–Kier alpha value is -1.26. The smallest absolute Gasteiger partial charge is 0.325 e. The second kappa shape index (κ2) is 4.08. The summed E-state index contributed by atoms with van der Waals surface area (Å²) in [6.45, 7) is 6.35. The Balaban J connectivity index is 2.17. The van der Waals surface area contributed by atoms with Crippen LogP contribution in [-0.4, -0.2) is 29.7 Å². The van der Waals surface area contributed by atoms with Crippen molar-refractivity contribution in [1.29, 1.82) is 0 Å². The molecule has 0 aliphatic heterocycles. The van der Waals surface area contributed by atoms with Crippen molar-refractivity contribution in [2.75, 3.05) is 6.54 Å². The van der Waals surface area contributed by atoms with Crippen LogP contribution in [0.3, 0.4) is 0 Å². The van der Waals surface area contributed by atoms with E-state index in [9.17, 15) is 9.59 Å². The van der Waals surface area contributed by atoms with Gasteiger partial charge in [0, 0.05) is 6.54 Å². The highest BCUT2D eigenvalue weighted by molar-refractivity contribution is 5.82. The molecule has 1 aliphatic carbocycles. The summed E-state index contributed by atoms with van der Waals surface area (Å²) >= 11 is 0. The fourth-order valence-corrected chi connectivity index (χ4v) is 1.45. The maximum absolute atomic E-state index is 11.2. The predicted molar refractivity (Wildman–Crippen MR) is 55.5 cm³/mol. The Kier molecular flexibility index (Phi) is 3.21. The quantitative estimate of drug-likeness (QED) is 0.647. The molecule has 5 heteroatoms. The molecular weight excluding hydrogens is 196 g/mol. The van der Waals surface area contributed by atoms with Gasteiger partial charge in [-0.15, -0.1) is 0 Å². The molecule has 0 radical (unpaired) electrons. The summed E-state index contributed by atoms with van der Waals surface area (Å²) in [4.78, 5) is 21.7. The Bertz CT molecular complexity index is 276. The van der Waals surface area contributed by atoms with Crippen LogP contribution in [0.25, 0.3) is 0 Å². The van der Waals surface area contributed by atoms with Gasteiger partial charge >= 0.3 is 12.0 Å². The zero-order valence-electron chi connectivity index (χ0n) is 9.33.